The maximum absolute atomic E-state index is 13.2. The molecular weight excluding hydrogens is 315 g/mol. The molecule has 0 radical (unpaired) electrons. The van der Waals surface area contributed by atoms with Gasteiger partial charge in [0, 0.05) is 23.1 Å². The van der Waals surface area contributed by atoms with E-state index in [9.17, 15) is 9.18 Å². The minimum Gasteiger partial charge on any atom is -0.396 e. The Labute approximate surface area is 127 Å². The van der Waals surface area contributed by atoms with Crippen LogP contribution in [0.2, 0.25) is 5.02 Å². The second kappa shape index (κ2) is 5.27. The first-order valence-electron chi connectivity index (χ1n) is 5.81. The maximum Gasteiger partial charge on any atom is 0.268 e. The number of amides is 1. The number of hydrogen-bond acceptors (Lipinski definition) is 5. The first kappa shape index (κ1) is 13.7. The summed E-state index contributed by atoms with van der Waals surface area (Å²) in [6.45, 7) is 0. The lowest BCUT2D eigenvalue weighted by Gasteiger charge is -2.05. The van der Waals surface area contributed by atoms with Crippen LogP contribution in [0.5, 0.6) is 0 Å². The van der Waals surface area contributed by atoms with Crippen LogP contribution in [0.25, 0.3) is 10.3 Å². The second-order valence-electron chi connectivity index (χ2n) is 4.17. The van der Waals surface area contributed by atoms with Gasteiger partial charge in [-0.05, 0) is 18.2 Å². The lowest BCUT2D eigenvalue weighted by atomic mass is 10.3. The van der Waals surface area contributed by atoms with Crippen LogP contribution in [-0.2, 0) is 0 Å². The molecule has 1 amide bonds. The number of fused-ring (bicyclic) bond motifs is 1. The normalized spacial score (nSPS) is 10.8. The zero-order valence-electron chi connectivity index (χ0n) is 10.4. The van der Waals surface area contributed by atoms with Gasteiger partial charge < -0.3 is 11.1 Å². The van der Waals surface area contributed by atoms with Gasteiger partial charge in [0.2, 0.25) is 0 Å². The van der Waals surface area contributed by atoms with E-state index in [0.29, 0.717) is 10.3 Å². The van der Waals surface area contributed by atoms with Crippen molar-refractivity contribution in [2.75, 3.05) is 11.1 Å². The average molecular weight is 323 g/mol. The fraction of sp³-hybridized carbons (Fsp3) is 0. The molecule has 2 heterocycles. The largest absolute Gasteiger partial charge is 0.396 e. The monoisotopic (exact) mass is 322 g/mol. The average Bonchev–Trinajstić information content (AvgIpc) is 2.76. The van der Waals surface area contributed by atoms with Gasteiger partial charge in [-0.3, -0.25) is 4.79 Å². The number of rotatable bonds is 2. The van der Waals surface area contributed by atoms with E-state index >= 15 is 0 Å². The van der Waals surface area contributed by atoms with Crippen LogP contribution < -0.4 is 11.1 Å². The Morgan fingerprint density at radius 1 is 1.29 bits per heavy atom. The van der Waals surface area contributed by atoms with E-state index in [0.717, 1.165) is 17.4 Å². The van der Waals surface area contributed by atoms with Crippen LogP contribution >= 0.6 is 22.9 Å². The first-order chi connectivity index (χ1) is 10.0. The summed E-state index contributed by atoms with van der Waals surface area (Å²) in [5.74, 6) is -0.996. The maximum atomic E-state index is 13.2. The molecule has 5 nitrogen and oxygen atoms in total. The van der Waals surface area contributed by atoms with E-state index in [4.69, 9.17) is 17.3 Å². The van der Waals surface area contributed by atoms with Crippen molar-refractivity contribution in [3.63, 3.8) is 0 Å². The van der Waals surface area contributed by atoms with E-state index in [1.165, 1.54) is 24.5 Å². The number of carbonyl (C=O) groups excluding carboxylic acids is 1. The Balaban J connectivity index is 1.95. The summed E-state index contributed by atoms with van der Waals surface area (Å²) in [5.41, 5.74) is 6.88. The number of aromatic nitrogens is 2. The predicted molar refractivity (Wildman–Crippen MR) is 81.2 cm³/mol. The van der Waals surface area contributed by atoms with Crippen molar-refractivity contribution in [2.45, 2.75) is 0 Å². The standard InChI is InChI=1S/C13H8ClFN4OS/c14-6-3-7(15)5-8(4-6)19-12(20)11-9(16)10-13(21-11)18-2-1-17-10/h1-5H,16H2,(H,19,20). The summed E-state index contributed by atoms with van der Waals surface area (Å²) in [4.78, 5) is 21.2. The fourth-order valence-electron chi connectivity index (χ4n) is 1.83. The molecule has 0 atom stereocenters. The number of nitrogen functional groups attached to an aromatic ring is 1. The molecule has 0 aliphatic carbocycles. The molecule has 21 heavy (non-hydrogen) atoms. The third kappa shape index (κ3) is 2.65. The molecule has 0 spiro atoms. The molecule has 0 saturated carbocycles. The van der Waals surface area contributed by atoms with Gasteiger partial charge >= 0.3 is 0 Å². The first-order valence-corrected chi connectivity index (χ1v) is 7.00. The van der Waals surface area contributed by atoms with Crippen molar-refractivity contribution < 1.29 is 9.18 Å². The number of nitrogens with one attached hydrogen (secondary N) is 1. The van der Waals surface area contributed by atoms with E-state index in [1.807, 2.05) is 0 Å². The van der Waals surface area contributed by atoms with E-state index < -0.39 is 11.7 Å². The molecule has 3 rings (SSSR count). The van der Waals surface area contributed by atoms with Crippen LogP contribution in [0.15, 0.2) is 30.6 Å². The summed E-state index contributed by atoms with van der Waals surface area (Å²) >= 11 is 6.86. The van der Waals surface area contributed by atoms with Crippen molar-refractivity contribution >= 4 is 50.6 Å². The number of benzene rings is 1. The Kier molecular flexibility index (Phi) is 3.44. The number of halogens is 2. The van der Waals surface area contributed by atoms with E-state index in [2.05, 4.69) is 15.3 Å². The highest BCUT2D eigenvalue weighted by Crippen LogP contribution is 2.31. The number of hydrogen-bond donors (Lipinski definition) is 2. The SMILES string of the molecule is Nc1c(C(=O)Nc2cc(F)cc(Cl)c2)sc2nccnc12. The van der Waals surface area contributed by atoms with Gasteiger partial charge in [-0.2, -0.15) is 0 Å². The predicted octanol–water partition coefficient (Wildman–Crippen LogP) is 3.32. The van der Waals surface area contributed by atoms with Crippen molar-refractivity contribution in [3.05, 3.63) is 46.3 Å². The molecule has 8 heteroatoms. The van der Waals surface area contributed by atoms with Crippen molar-refractivity contribution in [1.82, 2.24) is 9.97 Å². The van der Waals surface area contributed by atoms with Crippen LogP contribution in [0, 0.1) is 5.82 Å². The number of carbonyl (C=O) groups is 1. The topological polar surface area (TPSA) is 80.9 Å². The summed E-state index contributed by atoms with van der Waals surface area (Å²) < 4.78 is 13.2. The number of thiophene rings is 1. The molecule has 3 N–H and O–H groups in total. The highest BCUT2D eigenvalue weighted by atomic mass is 35.5. The number of anilines is 2. The molecule has 0 bridgehead atoms. The van der Waals surface area contributed by atoms with Crippen molar-refractivity contribution in [1.29, 1.82) is 0 Å². The zero-order valence-corrected chi connectivity index (χ0v) is 12.0. The van der Waals surface area contributed by atoms with Gasteiger partial charge in [-0.25, -0.2) is 14.4 Å². The van der Waals surface area contributed by atoms with Crippen LogP contribution in [0.3, 0.4) is 0 Å². The third-order valence-corrected chi connectivity index (χ3v) is 4.01. The zero-order chi connectivity index (χ0) is 15.0. The van der Waals surface area contributed by atoms with Gasteiger partial charge in [0.15, 0.2) is 0 Å². The highest BCUT2D eigenvalue weighted by Gasteiger charge is 2.18. The minimum atomic E-state index is -0.537. The van der Waals surface area contributed by atoms with E-state index in [-0.39, 0.29) is 21.3 Å². The van der Waals surface area contributed by atoms with Gasteiger partial charge in [-0.1, -0.05) is 11.6 Å². The number of nitrogens with zero attached hydrogens (tertiary/aromatic N) is 2. The second-order valence-corrected chi connectivity index (χ2v) is 5.60. The van der Waals surface area contributed by atoms with Gasteiger partial charge in [0.05, 0.1) is 5.69 Å². The van der Waals surface area contributed by atoms with E-state index in [1.54, 1.807) is 0 Å². The molecular formula is C13H8ClFN4OS. The van der Waals surface area contributed by atoms with Crippen LogP contribution in [-0.4, -0.2) is 15.9 Å². The molecule has 1 aromatic carbocycles. The van der Waals surface area contributed by atoms with Gasteiger partial charge in [-0.15, -0.1) is 11.3 Å². The highest BCUT2D eigenvalue weighted by molar-refractivity contribution is 7.21. The molecule has 2 aromatic heterocycles. The lowest BCUT2D eigenvalue weighted by Crippen LogP contribution is -2.12. The Morgan fingerprint density at radius 3 is 2.76 bits per heavy atom. The molecule has 0 saturated heterocycles. The fourth-order valence-corrected chi connectivity index (χ4v) is 2.96. The van der Waals surface area contributed by atoms with Crippen molar-refractivity contribution in [3.8, 4) is 0 Å². The molecule has 0 aliphatic rings. The van der Waals surface area contributed by atoms with Crippen LogP contribution in [0.1, 0.15) is 9.67 Å². The number of nitrogens with two attached hydrogens (primary N) is 1. The lowest BCUT2D eigenvalue weighted by molar-refractivity contribution is 0.103. The summed E-state index contributed by atoms with van der Waals surface area (Å²) in [6, 6.07) is 3.77. The molecule has 3 aromatic rings. The Hall–Kier alpha value is -2.25. The summed E-state index contributed by atoms with van der Waals surface area (Å²) in [7, 11) is 0. The smallest absolute Gasteiger partial charge is 0.268 e. The molecule has 0 aliphatic heterocycles. The molecule has 0 fully saturated rings. The Bertz CT molecular complexity index is 831. The van der Waals surface area contributed by atoms with Crippen LogP contribution in [0.4, 0.5) is 15.8 Å². The van der Waals surface area contributed by atoms with Crippen molar-refractivity contribution in [2.24, 2.45) is 0 Å². The summed E-state index contributed by atoms with van der Waals surface area (Å²) in [5, 5.41) is 2.75. The Morgan fingerprint density at radius 2 is 2.05 bits per heavy atom. The van der Waals surface area contributed by atoms with Gasteiger partial charge in [0.25, 0.3) is 5.91 Å². The quantitative estimate of drug-likeness (QED) is 0.758. The van der Waals surface area contributed by atoms with Gasteiger partial charge in [0.1, 0.15) is 21.0 Å². The molecule has 106 valence electrons. The minimum absolute atomic E-state index is 0.193. The third-order valence-electron chi connectivity index (χ3n) is 2.69. The summed E-state index contributed by atoms with van der Waals surface area (Å²) in [6.07, 6.45) is 3.02. The molecule has 0 unspecified atom stereocenters.